The van der Waals surface area contributed by atoms with E-state index in [-0.39, 0.29) is 0 Å². The first kappa shape index (κ1) is 10.2. The smallest absolute Gasteiger partial charge is 0.0643 e. The summed E-state index contributed by atoms with van der Waals surface area (Å²) in [5.74, 6) is 2.21. The highest BCUT2D eigenvalue weighted by Crippen LogP contribution is 2.45. The van der Waals surface area contributed by atoms with Crippen molar-refractivity contribution in [3.05, 3.63) is 12.2 Å². The fourth-order valence-corrected chi connectivity index (χ4v) is 2.89. The molecule has 0 unspecified atom stereocenters. The van der Waals surface area contributed by atoms with Gasteiger partial charge in [-0.25, -0.2) is 0 Å². The van der Waals surface area contributed by atoms with E-state index < -0.39 is 0 Å². The topological polar surface area (TPSA) is 9.23 Å². The zero-order valence-electron chi connectivity index (χ0n) is 9.46. The van der Waals surface area contributed by atoms with Crippen LogP contribution < -0.4 is 0 Å². The third-order valence-electron chi connectivity index (χ3n) is 3.62. The van der Waals surface area contributed by atoms with E-state index in [0.717, 1.165) is 12.5 Å². The van der Waals surface area contributed by atoms with E-state index in [1.54, 1.807) is 0 Å². The first-order valence-electron chi connectivity index (χ1n) is 5.96. The van der Waals surface area contributed by atoms with Crippen molar-refractivity contribution in [1.82, 2.24) is 0 Å². The summed E-state index contributed by atoms with van der Waals surface area (Å²) in [4.78, 5) is 0. The van der Waals surface area contributed by atoms with E-state index in [1.807, 2.05) is 0 Å². The van der Waals surface area contributed by atoms with Gasteiger partial charge in [0.25, 0.3) is 0 Å². The van der Waals surface area contributed by atoms with Gasteiger partial charge < -0.3 is 4.74 Å². The molecule has 14 heavy (non-hydrogen) atoms. The third-order valence-corrected chi connectivity index (χ3v) is 3.62. The molecule has 3 aliphatic rings. The van der Waals surface area contributed by atoms with Crippen LogP contribution in [-0.2, 0) is 4.74 Å². The lowest BCUT2D eigenvalue weighted by Crippen LogP contribution is -2.39. The second kappa shape index (κ2) is 4.06. The molecule has 3 saturated carbocycles. The molecular weight excluding hydrogens is 172 g/mol. The number of hydrogen-bond acceptors (Lipinski definition) is 1. The van der Waals surface area contributed by atoms with Crippen molar-refractivity contribution in [1.29, 1.82) is 0 Å². The van der Waals surface area contributed by atoms with Crippen molar-refractivity contribution in [2.75, 3.05) is 6.61 Å². The van der Waals surface area contributed by atoms with Crippen LogP contribution in [0, 0.1) is 17.8 Å². The monoisotopic (exact) mass is 194 g/mol. The second-order valence-corrected chi connectivity index (χ2v) is 5.41. The molecule has 0 aromatic rings. The maximum absolute atomic E-state index is 5.99. The molecule has 1 nitrogen and oxygen atoms in total. The van der Waals surface area contributed by atoms with Crippen LogP contribution in [0.15, 0.2) is 12.2 Å². The maximum Gasteiger partial charge on any atom is 0.0643 e. The van der Waals surface area contributed by atoms with Crippen LogP contribution in [0.3, 0.4) is 0 Å². The summed E-state index contributed by atoms with van der Waals surface area (Å²) in [6, 6.07) is 0. The molecule has 0 saturated heterocycles. The Kier molecular flexibility index (Phi) is 2.96. The standard InChI is InChI=1S/C13H22O/c1-9(2)8-14-13-7-11-4-5-12(13)10(3)6-11/h9,11-13H,3-8H2,1-2H3/t11-,12+,13-/m1/s1. The fraction of sp³-hybridized carbons (Fsp3) is 0.846. The fourth-order valence-electron chi connectivity index (χ4n) is 2.89. The zero-order chi connectivity index (χ0) is 10.1. The average molecular weight is 194 g/mol. The Balaban J connectivity index is 1.90. The predicted octanol–water partition coefficient (Wildman–Crippen LogP) is 3.40. The van der Waals surface area contributed by atoms with Crippen molar-refractivity contribution in [2.24, 2.45) is 17.8 Å². The Bertz CT molecular complexity index is 219. The number of ether oxygens (including phenoxy) is 1. The molecule has 3 atom stereocenters. The van der Waals surface area contributed by atoms with Gasteiger partial charge in [0.2, 0.25) is 0 Å². The number of fused-ring (bicyclic) bond motifs is 3. The molecule has 0 aliphatic heterocycles. The minimum atomic E-state index is 0.498. The summed E-state index contributed by atoms with van der Waals surface area (Å²) in [5.41, 5.74) is 1.46. The van der Waals surface area contributed by atoms with Crippen LogP contribution in [0.1, 0.15) is 39.5 Å². The van der Waals surface area contributed by atoms with E-state index in [0.29, 0.717) is 17.9 Å². The normalized spacial score (nSPS) is 36.8. The number of rotatable bonds is 3. The van der Waals surface area contributed by atoms with Gasteiger partial charge in [0.05, 0.1) is 6.10 Å². The lowest BCUT2D eigenvalue weighted by Gasteiger charge is -2.43. The molecule has 2 bridgehead atoms. The molecule has 0 amide bonds. The maximum atomic E-state index is 5.99. The summed E-state index contributed by atoms with van der Waals surface area (Å²) in [7, 11) is 0. The van der Waals surface area contributed by atoms with Crippen LogP contribution in [0.4, 0.5) is 0 Å². The Morgan fingerprint density at radius 3 is 2.79 bits per heavy atom. The summed E-state index contributed by atoms with van der Waals surface area (Å²) in [5, 5.41) is 0. The van der Waals surface area contributed by atoms with Gasteiger partial charge in [0, 0.05) is 12.5 Å². The highest BCUT2D eigenvalue weighted by atomic mass is 16.5. The van der Waals surface area contributed by atoms with Crippen molar-refractivity contribution < 1.29 is 4.74 Å². The average Bonchev–Trinajstić information content (AvgIpc) is 2.15. The summed E-state index contributed by atoms with van der Waals surface area (Å²) < 4.78 is 5.99. The minimum absolute atomic E-state index is 0.498. The molecule has 0 spiro atoms. The van der Waals surface area contributed by atoms with Crippen molar-refractivity contribution >= 4 is 0 Å². The lowest BCUT2D eigenvalue weighted by molar-refractivity contribution is -0.0412. The largest absolute Gasteiger partial charge is 0.377 e. The van der Waals surface area contributed by atoms with Crippen LogP contribution in [0.25, 0.3) is 0 Å². The van der Waals surface area contributed by atoms with Crippen molar-refractivity contribution in [3.63, 3.8) is 0 Å². The van der Waals surface area contributed by atoms with E-state index in [4.69, 9.17) is 4.74 Å². The summed E-state index contributed by atoms with van der Waals surface area (Å²) in [6.07, 6.45) is 5.79. The molecule has 0 aromatic carbocycles. The lowest BCUT2D eigenvalue weighted by atomic mass is 9.67. The molecule has 0 N–H and O–H groups in total. The molecule has 1 heteroatoms. The van der Waals surface area contributed by atoms with Gasteiger partial charge in [-0.05, 0) is 37.5 Å². The van der Waals surface area contributed by atoms with Crippen LogP contribution in [-0.4, -0.2) is 12.7 Å². The summed E-state index contributed by atoms with van der Waals surface area (Å²) >= 11 is 0. The SMILES string of the molecule is C=C1C[C@H]2CC[C@@H]1[C@H](OCC(C)C)C2. The van der Waals surface area contributed by atoms with E-state index in [9.17, 15) is 0 Å². The van der Waals surface area contributed by atoms with Gasteiger partial charge in [-0.1, -0.05) is 26.0 Å². The molecule has 0 radical (unpaired) electrons. The van der Waals surface area contributed by atoms with Crippen LogP contribution >= 0.6 is 0 Å². The highest BCUT2D eigenvalue weighted by Gasteiger charge is 2.38. The molecule has 80 valence electrons. The second-order valence-electron chi connectivity index (χ2n) is 5.41. The minimum Gasteiger partial charge on any atom is -0.377 e. The zero-order valence-corrected chi connectivity index (χ0v) is 9.46. The Morgan fingerprint density at radius 2 is 2.21 bits per heavy atom. The van der Waals surface area contributed by atoms with Gasteiger partial charge >= 0.3 is 0 Å². The van der Waals surface area contributed by atoms with E-state index in [1.165, 1.54) is 31.3 Å². The van der Waals surface area contributed by atoms with Gasteiger partial charge in [-0.15, -0.1) is 0 Å². The quantitative estimate of drug-likeness (QED) is 0.626. The molecule has 0 heterocycles. The van der Waals surface area contributed by atoms with Gasteiger partial charge in [0.15, 0.2) is 0 Å². The Labute approximate surface area is 87.5 Å². The van der Waals surface area contributed by atoms with Gasteiger partial charge in [-0.3, -0.25) is 0 Å². The number of hydrogen-bond donors (Lipinski definition) is 0. The third kappa shape index (κ3) is 2.03. The Hall–Kier alpha value is -0.300. The summed E-state index contributed by atoms with van der Waals surface area (Å²) in [6.45, 7) is 9.55. The first-order chi connectivity index (χ1) is 6.66. The van der Waals surface area contributed by atoms with E-state index >= 15 is 0 Å². The van der Waals surface area contributed by atoms with Crippen LogP contribution in [0.2, 0.25) is 0 Å². The molecule has 3 fully saturated rings. The molecule has 0 aromatic heterocycles. The molecule has 3 rings (SSSR count). The predicted molar refractivity (Wildman–Crippen MR) is 59.2 cm³/mol. The van der Waals surface area contributed by atoms with Gasteiger partial charge in [0.1, 0.15) is 0 Å². The van der Waals surface area contributed by atoms with Crippen LogP contribution in [0.5, 0.6) is 0 Å². The van der Waals surface area contributed by atoms with Crippen molar-refractivity contribution in [3.8, 4) is 0 Å². The Morgan fingerprint density at radius 1 is 1.43 bits per heavy atom. The highest BCUT2D eigenvalue weighted by molar-refractivity contribution is 5.12. The molecular formula is C13H22O. The van der Waals surface area contributed by atoms with E-state index in [2.05, 4.69) is 20.4 Å². The van der Waals surface area contributed by atoms with Crippen molar-refractivity contribution in [2.45, 2.75) is 45.6 Å². The van der Waals surface area contributed by atoms with Gasteiger partial charge in [-0.2, -0.15) is 0 Å². The molecule has 3 aliphatic carbocycles. The first-order valence-corrected chi connectivity index (χ1v) is 5.96.